The molecule has 2 unspecified atom stereocenters. The first-order valence-corrected chi connectivity index (χ1v) is 6.39. The summed E-state index contributed by atoms with van der Waals surface area (Å²) in [7, 11) is 0. The zero-order chi connectivity index (χ0) is 11.4. The van der Waals surface area contributed by atoms with Gasteiger partial charge in [-0.3, -0.25) is 0 Å². The first-order chi connectivity index (χ1) is 7.02. The highest BCUT2D eigenvalue weighted by molar-refractivity contribution is 4.83. The van der Waals surface area contributed by atoms with Crippen molar-refractivity contribution in [2.45, 2.75) is 59.0 Å². The van der Waals surface area contributed by atoms with Gasteiger partial charge >= 0.3 is 0 Å². The number of aliphatic hydroxyl groups is 1. The van der Waals surface area contributed by atoms with Crippen molar-refractivity contribution < 1.29 is 5.11 Å². The Morgan fingerprint density at radius 1 is 1.13 bits per heavy atom. The van der Waals surface area contributed by atoms with E-state index in [1.54, 1.807) is 0 Å². The van der Waals surface area contributed by atoms with Gasteiger partial charge in [-0.05, 0) is 37.0 Å². The molecule has 2 nitrogen and oxygen atoms in total. The molecule has 0 aliphatic heterocycles. The highest BCUT2D eigenvalue weighted by Gasteiger charge is 2.26. The quantitative estimate of drug-likeness (QED) is 0.751. The maximum Gasteiger partial charge on any atom is 0.0587 e. The SMILES string of the molecule is CC1CC(C)CC(N[C@H](CO)C(C)C)C1. The van der Waals surface area contributed by atoms with E-state index in [4.69, 9.17) is 0 Å². The Bertz CT molecular complexity index is 171. The topological polar surface area (TPSA) is 32.3 Å². The van der Waals surface area contributed by atoms with Crippen molar-refractivity contribution in [2.24, 2.45) is 17.8 Å². The molecule has 0 amide bonds. The van der Waals surface area contributed by atoms with Gasteiger partial charge in [0.05, 0.1) is 6.61 Å². The third kappa shape index (κ3) is 4.12. The molecule has 3 atom stereocenters. The van der Waals surface area contributed by atoms with Crippen LogP contribution in [0.15, 0.2) is 0 Å². The van der Waals surface area contributed by atoms with Crippen molar-refractivity contribution in [3.63, 3.8) is 0 Å². The van der Waals surface area contributed by atoms with Crippen LogP contribution in [-0.4, -0.2) is 23.8 Å². The summed E-state index contributed by atoms with van der Waals surface area (Å²) in [5.74, 6) is 2.18. The molecule has 90 valence electrons. The molecule has 0 saturated heterocycles. The van der Waals surface area contributed by atoms with Crippen LogP contribution in [0.25, 0.3) is 0 Å². The van der Waals surface area contributed by atoms with Gasteiger partial charge in [0.1, 0.15) is 0 Å². The molecule has 0 aromatic heterocycles. The van der Waals surface area contributed by atoms with Crippen molar-refractivity contribution in [3.05, 3.63) is 0 Å². The van der Waals surface area contributed by atoms with Crippen LogP contribution >= 0.6 is 0 Å². The summed E-state index contributed by atoms with van der Waals surface area (Å²) in [6, 6.07) is 0.885. The Kier molecular flexibility index (Phi) is 5.07. The van der Waals surface area contributed by atoms with Gasteiger partial charge in [0, 0.05) is 12.1 Å². The van der Waals surface area contributed by atoms with E-state index in [1.807, 2.05) is 0 Å². The van der Waals surface area contributed by atoms with Crippen LogP contribution in [-0.2, 0) is 0 Å². The molecule has 1 aliphatic carbocycles. The smallest absolute Gasteiger partial charge is 0.0587 e. The number of hydrogen-bond acceptors (Lipinski definition) is 2. The van der Waals surface area contributed by atoms with Gasteiger partial charge in [-0.1, -0.05) is 27.7 Å². The van der Waals surface area contributed by atoms with Gasteiger partial charge < -0.3 is 10.4 Å². The van der Waals surface area contributed by atoms with Crippen LogP contribution in [0.1, 0.15) is 47.0 Å². The van der Waals surface area contributed by atoms with Crippen LogP contribution in [0.2, 0.25) is 0 Å². The lowest BCUT2D eigenvalue weighted by atomic mass is 9.80. The summed E-state index contributed by atoms with van der Waals surface area (Å²) >= 11 is 0. The number of rotatable bonds is 4. The van der Waals surface area contributed by atoms with E-state index in [1.165, 1.54) is 19.3 Å². The number of hydrogen-bond donors (Lipinski definition) is 2. The Morgan fingerprint density at radius 2 is 1.67 bits per heavy atom. The van der Waals surface area contributed by atoms with Crippen LogP contribution in [0.4, 0.5) is 0 Å². The van der Waals surface area contributed by atoms with Crippen molar-refractivity contribution in [1.29, 1.82) is 0 Å². The first kappa shape index (κ1) is 13.0. The fourth-order valence-electron chi connectivity index (χ4n) is 2.84. The molecule has 1 rings (SSSR count). The van der Waals surface area contributed by atoms with E-state index in [2.05, 4.69) is 33.0 Å². The van der Waals surface area contributed by atoms with Crippen molar-refractivity contribution in [3.8, 4) is 0 Å². The Balaban J connectivity index is 2.42. The summed E-state index contributed by atoms with van der Waals surface area (Å²) in [6.07, 6.45) is 3.91. The fourth-order valence-corrected chi connectivity index (χ4v) is 2.84. The minimum absolute atomic E-state index is 0.261. The molecule has 0 heterocycles. The van der Waals surface area contributed by atoms with E-state index < -0.39 is 0 Å². The molecule has 1 saturated carbocycles. The van der Waals surface area contributed by atoms with Gasteiger partial charge in [0.25, 0.3) is 0 Å². The molecule has 0 bridgehead atoms. The minimum Gasteiger partial charge on any atom is -0.395 e. The van der Waals surface area contributed by atoms with E-state index >= 15 is 0 Å². The average molecular weight is 213 g/mol. The van der Waals surface area contributed by atoms with Crippen molar-refractivity contribution in [2.75, 3.05) is 6.61 Å². The van der Waals surface area contributed by atoms with E-state index in [0.29, 0.717) is 12.0 Å². The fraction of sp³-hybridized carbons (Fsp3) is 1.00. The summed E-state index contributed by atoms with van der Waals surface area (Å²) in [6.45, 7) is 9.28. The second-order valence-corrected chi connectivity index (χ2v) is 5.81. The molecule has 15 heavy (non-hydrogen) atoms. The van der Waals surface area contributed by atoms with Crippen LogP contribution < -0.4 is 5.32 Å². The van der Waals surface area contributed by atoms with Gasteiger partial charge in [-0.2, -0.15) is 0 Å². The van der Waals surface area contributed by atoms with Gasteiger partial charge in [0.15, 0.2) is 0 Å². The molecular formula is C13H27NO. The van der Waals surface area contributed by atoms with Gasteiger partial charge in [-0.25, -0.2) is 0 Å². The zero-order valence-electron chi connectivity index (χ0n) is 10.7. The molecule has 1 fully saturated rings. The van der Waals surface area contributed by atoms with E-state index in [-0.39, 0.29) is 12.6 Å². The highest BCUT2D eigenvalue weighted by Crippen LogP contribution is 2.29. The Morgan fingerprint density at radius 3 is 2.07 bits per heavy atom. The molecule has 0 aromatic carbocycles. The van der Waals surface area contributed by atoms with Crippen LogP contribution in [0.5, 0.6) is 0 Å². The minimum atomic E-state index is 0.261. The molecule has 0 aromatic rings. The monoisotopic (exact) mass is 213 g/mol. The third-order valence-corrected chi connectivity index (χ3v) is 3.63. The largest absolute Gasteiger partial charge is 0.395 e. The third-order valence-electron chi connectivity index (χ3n) is 3.63. The van der Waals surface area contributed by atoms with E-state index in [9.17, 15) is 5.11 Å². The van der Waals surface area contributed by atoms with Crippen LogP contribution in [0, 0.1) is 17.8 Å². The Labute approximate surface area is 94.5 Å². The zero-order valence-corrected chi connectivity index (χ0v) is 10.7. The molecule has 0 radical (unpaired) electrons. The Hall–Kier alpha value is -0.0800. The maximum atomic E-state index is 9.30. The molecular weight excluding hydrogens is 186 g/mol. The summed E-state index contributed by atoms with van der Waals surface area (Å²) in [5.41, 5.74) is 0. The second kappa shape index (κ2) is 5.86. The lowest BCUT2D eigenvalue weighted by molar-refractivity contribution is 0.164. The predicted octanol–water partition coefficient (Wildman–Crippen LogP) is 2.42. The van der Waals surface area contributed by atoms with E-state index in [0.717, 1.165) is 11.8 Å². The second-order valence-electron chi connectivity index (χ2n) is 5.81. The molecule has 2 N–H and O–H groups in total. The molecule has 1 aliphatic rings. The highest BCUT2D eigenvalue weighted by atomic mass is 16.3. The van der Waals surface area contributed by atoms with Crippen molar-refractivity contribution in [1.82, 2.24) is 5.32 Å². The standard InChI is InChI=1S/C13H27NO/c1-9(2)13(8-15)14-12-6-10(3)5-11(4)7-12/h9-15H,5-8H2,1-4H3/t10?,11?,12?,13-/m1/s1. The predicted molar refractivity (Wildman–Crippen MR) is 64.8 cm³/mol. The van der Waals surface area contributed by atoms with Gasteiger partial charge in [-0.15, -0.1) is 0 Å². The van der Waals surface area contributed by atoms with Gasteiger partial charge in [0.2, 0.25) is 0 Å². The molecule has 2 heteroatoms. The lowest BCUT2D eigenvalue weighted by Crippen LogP contribution is -2.46. The average Bonchev–Trinajstić information content (AvgIpc) is 2.12. The maximum absolute atomic E-state index is 9.30. The first-order valence-electron chi connectivity index (χ1n) is 6.39. The summed E-state index contributed by atoms with van der Waals surface area (Å²) in [5, 5.41) is 12.9. The lowest BCUT2D eigenvalue weighted by Gasteiger charge is -2.35. The summed E-state index contributed by atoms with van der Waals surface area (Å²) < 4.78 is 0. The molecule has 0 spiro atoms. The van der Waals surface area contributed by atoms with Crippen molar-refractivity contribution >= 4 is 0 Å². The normalized spacial score (nSPS) is 34.4. The number of aliphatic hydroxyl groups excluding tert-OH is 1. The summed E-state index contributed by atoms with van der Waals surface area (Å²) in [4.78, 5) is 0. The van der Waals surface area contributed by atoms with Crippen LogP contribution in [0.3, 0.4) is 0 Å². The number of nitrogens with one attached hydrogen (secondary N) is 1.